The minimum absolute atomic E-state index is 0.177. The molecule has 0 aromatic carbocycles. The molecule has 4 aliphatic rings. The Labute approximate surface area is 227 Å². The van der Waals surface area contributed by atoms with Gasteiger partial charge in [0.25, 0.3) is 0 Å². The number of morpholine rings is 1. The van der Waals surface area contributed by atoms with E-state index in [-0.39, 0.29) is 29.2 Å². The summed E-state index contributed by atoms with van der Waals surface area (Å²) in [4.78, 5) is 48.6. The molecule has 0 aromatic heterocycles. The number of likely N-dealkylation sites (tertiary alicyclic amines) is 1. The van der Waals surface area contributed by atoms with Crippen LogP contribution in [0.1, 0.15) is 13.3 Å². The zero-order valence-electron chi connectivity index (χ0n) is 21.8. The largest absolute Gasteiger partial charge is 0.394 e. The van der Waals surface area contributed by atoms with Gasteiger partial charge in [-0.2, -0.15) is 0 Å². The van der Waals surface area contributed by atoms with Gasteiger partial charge in [-0.3, -0.25) is 19.3 Å². The molecule has 0 radical (unpaired) electrons. The quantitative estimate of drug-likeness (QED) is 0.272. The second-order valence-electron chi connectivity index (χ2n) is 10.5. The lowest BCUT2D eigenvalue weighted by Gasteiger charge is -2.39. The summed E-state index contributed by atoms with van der Waals surface area (Å²) in [6.07, 6.45) is 3.23. The number of hydrogen-bond acceptors (Lipinski definition) is 7. The standard InChI is InChI=1S/C26H39BrN4O6/c1-5-7-28(4)23(33)19-20-24(34)31(17(3)16-32)22(26(20)15-18(27)21(19)37-26)25(35)30(8-6-2)10-9-29-11-13-36-14-12-29/h5-6,17-22,32H,1-2,7-16H2,3-4H3/t17-,18?,19-,20+,21-,22?,26?/m1/s1. The van der Waals surface area contributed by atoms with Gasteiger partial charge >= 0.3 is 0 Å². The predicted octanol–water partition coefficient (Wildman–Crippen LogP) is 0.106. The van der Waals surface area contributed by atoms with E-state index in [0.29, 0.717) is 45.8 Å². The minimum atomic E-state index is -1.15. The summed E-state index contributed by atoms with van der Waals surface area (Å²) in [6.45, 7) is 13.7. The van der Waals surface area contributed by atoms with Crippen molar-refractivity contribution in [3.05, 3.63) is 25.3 Å². The van der Waals surface area contributed by atoms with Gasteiger partial charge in [0.05, 0.1) is 43.8 Å². The maximum atomic E-state index is 14.3. The normalized spacial score (nSPS) is 33.8. The SMILES string of the molecule is C=CCN(C)C(=O)[C@H]1[C@@H]2OC3(CC2Br)C(C(=O)N(CC=C)CCN2CCOCC2)N([C@H](C)CO)C(=O)[C@H]13. The number of likely N-dealkylation sites (N-methyl/N-ethyl adjacent to an activating group) is 1. The first-order chi connectivity index (χ1) is 17.7. The topological polar surface area (TPSA) is 103 Å². The predicted molar refractivity (Wildman–Crippen MR) is 141 cm³/mol. The fraction of sp³-hybridized carbons (Fsp3) is 0.731. The third kappa shape index (κ3) is 4.89. The van der Waals surface area contributed by atoms with Gasteiger partial charge in [0.15, 0.2) is 0 Å². The Bertz CT molecular complexity index is 913. The number of carbonyl (C=O) groups excluding carboxylic acids is 3. The molecule has 3 amide bonds. The van der Waals surface area contributed by atoms with E-state index in [1.807, 2.05) is 0 Å². The molecule has 206 valence electrons. The van der Waals surface area contributed by atoms with E-state index in [1.54, 1.807) is 35.9 Å². The molecule has 0 saturated carbocycles. The number of hydrogen-bond donors (Lipinski definition) is 1. The van der Waals surface area contributed by atoms with Gasteiger partial charge in [-0.1, -0.05) is 28.1 Å². The van der Waals surface area contributed by atoms with Gasteiger partial charge in [0, 0.05) is 51.1 Å². The summed E-state index contributed by atoms with van der Waals surface area (Å²) in [5, 5.41) is 10.1. The third-order valence-corrected chi connectivity index (χ3v) is 9.06. The van der Waals surface area contributed by atoms with E-state index in [4.69, 9.17) is 9.47 Å². The monoisotopic (exact) mass is 582 g/mol. The van der Waals surface area contributed by atoms with Crippen molar-refractivity contribution in [1.29, 1.82) is 0 Å². The van der Waals surface area contributed by atoms with Gasteiger partial charge in [0.1, 0.15) is 11.6 Å². The van der Waals surface area contributed by atoms with Gasteiger partial charge in [-0.15, -0.1) is 13.2 Å². The highest BCUT2D eigenvalue weighted by Crippen LogP contribution is 2.60. The number of rotatable bonds is 11. The second-order valence-corrected chi connectivity index (χ2v) is 11.7. The summed E-state index contributed by atoms with van der Waals surface area (Å²) in [5.41, 5.74) is -1.15. The number of ether oxygens (including phenoxy) is 2. The van der Waals surface area contributed by atoms with Crippen LogP contribution >= 0.6 is 15.9 Å². The van der Waals surface area contributed by atoms with Gasteiger partial charge in [-0.05, 0) is 13.3 Å². The molecule has 1 spiro atoms. The van der Waals surface area contributed by atoms with E-state index in [1.165, 1.54) is 4.90 Å². The Morgan fingerprint density at radius 1 is 1.24 bits per heavy atom. The van der Waals surface area contributed by atoms with Crippen LogP contribution in [0.15, 0.2) is 25.3 Å². The van der Waals surface area contributed by atoms with Crippen molar-refractivity contribution in [2.24, 2.45) is 11.8 Å². The van der Waals surface area contributed by atoms with Crippen LogP contribution < -0.4 is 0 Å². The van der Waals surface area contributed by atoms with Crippen molar-refractivity contribution in [1.82, 2.24) is 19.6 Å². The van der Waals surface area contributed by atoms with Crippen LogP contribution in [0, 0.1) is 11.8 Å². The number of amides is 3. The summed E-state index contributed by atoms with van der Waals surface area (Å²) in [6, 6.07) is -1.55. The summed E-state index contributed by atoms with van der Waals surface area (Å²) in [7, 11) is 1.68. The third-order valence-electron chi connectivity index (χ3n) is 8.22. The summed E-state index contributed by atoms with van der Waals surface area (Å²) < 4.78 is 12.0. The molecule has 4 saturated heterocycles. The van der Waals surface area contributed by atoms with Crippen LogP contribution in [0.25, 0.3) is 0 Å². The number of carbonyl (C=O) groups is 3. The first-order valence-electron chi connectivity index (χ1n) is 13.0. The molecule has 4 aliphatic heterocycles. The highest BCUT2D eigenvalue weighted by atomic mass is 79.9. The van der Waals surface area contributed by atoms with E-state index in [0.717, 1.165) is 13.1 Å². The van der Waals surface area contributed by atoms with Crippen LogP contribution in [0.4, 0.5) is 0 Å². The fourth-order valence-electron chi connectivity index (χ4n) is 6.44. The van der Waals surface area contributed by atoms with Gasteiger partial charge in [-0.25, -0.2) is 0 Å². The average molecular weight is 584 g/mol. The highest BCUT2D eigenvalue weighted by molar-refractivity contribution is 9.09. The van der Waals surface area contributed by atoms with Gasteiger partial charge in [0.2, 0.25) is 17.7 Å². The molecule has 4 heterocycles. The number of fused-ring (bicyclic) bond motifs is 1. The molecule has 10 nitrogen and oxygen atoms in total. The summed E-state index contributed by atoms with van der Waals surface area (Å²) in [5.74, 6) is -2.26. The molecule has 2 bridgehead atoms. The van der Waals surface area contributed by atoms with Crippen molar-refractivity contribution in [2.75, 3.05) is 66.1 Å². The molecule has 3 unspecified atom stereocenters. The molecule has 4 fully saturated rings. The zero-order chi connectivity index (χ0) is 26.9. The van der Waals surface area contributed by atoms with Crippen LogP contribution in [-0.2, 0) is 23.9 Å². The Hall–Kier alpha value is -1.79. The Morgan fingerprint density at radius 3 is 2.54 bits per heavy atom. The second kappa shape index (κ2) is 11.5. The van der Waals surface area contributed by atoms with Crippen molar-refractivity contribution in [3.8, 4) is 0 Å². The molecular formula is C26H39BrN4O6. The Kier molecular flexibility index (Phi) is 8.79. The molecule has 37 heavy (non-hydrogen) atoms. The van der Waals surface area contributed by atoms with E-state index >= 15 is 0 Å². The highest BCUT2D eigenvalue weighted by Gasteiger charge is 2.77. The van der Waals surface area contributed by atoms with Crippen LogP contribution in [0.3, 0.4) is 0 Å². The maximum Gasteiger partial charge on any atom is 0.248 e. The smallest absolute Gasteiger partial charge is 0.248 e. The number of alkyl halides is 1. The van der Waals surface area contributed by atoms with Crippen molar-refractivity contribution in [3.63, 3.8) is 0 Å². The lowest BCUT2D eigenvalue weighted by atomic mass is 9.70. The Balaban J connectivity index is 1.67. The van der Waals surface area contributed by atoms with E-state index in [2.05, 4.69) is 34.0 Å². The van der Waals surface area contributed by atoms with Crippen LogP contribution in [0.2, 0.25) is 0 Å². The Morgan fingerprint density at radius 2 is 1.92 bits per heavy atom. The molecule has 1 N–H and O–H groups in total. The summed E-state index contributed by atoms with van der Waals surface area (Å²) >= 11 is 3.69. The molecule has 11 heteroatoms. The van der Waals surface area contributed by atoms with Crippen LogP contribution in [-0.4, -0.2) is 137 Å². The van der Waals surface area contributed by atoms with Gasteiger partial charge < -0.3 is 29.3 Å². The maximum absolute atomic E-state index is 14.3. The molecular weight excluding hydrogens is 544 g/mol. The number of halogens is 1. The lowest BCUT2D eigenvalue weighted by molar-refractivity contribution is -0.151. The van der Waals surface area contributed by atoms with Crippen molar-refractivity contribution >= 4 is 33.7 Å². The van der Waals surface area contributed by atoms with Crippen LogP contribution in [0.5, 0.6) is 0 Å². The molecule has 0 aliphatic carbocycles. The molecule has 4 rings (SSSR count). The average Bonchev–Trinajstić information content (AvgIpc) is 3.49. The van der Waals surface area contributed by atoms with Crippen molar-refractivity contribution in [2.45, 2.75) is 42.0 Å². The fourth-order valence-corrected chi connectivity index (χ4v) is 7.38. The van der Waals surface area contributed by atoms with Crippen molar-refractivity contribution < 1.29 is 29.0 Å². The first-order valence-corrected chi connectivity index (χ1v) is 13.9. The number of nitrogens with zero attached hydrogens (tertiary/aromatic N) is 4. The first kappa shape index (κ1) is 28.2. The molecule has 0 aromatic rings. The van der Waals surface area contributed by atoms with E-state index in [9.17, 15) is 19.5 Å². The lowest BCUT2D eigenvalue weighted by Crippen LogP contribution is -2.59. The van der Waals surface area contributed by atoms with E-state index < -0.39 is 35.6 Å². The number of aliphatic hydroxyl groups excluding tert-OH is 1. The minimum Gasteiger partial charge on any atom is -0.394 e. The molecule has 7 atom stereocenters. The zero-order valence-corrected chi connectivity index (χ0v) is 23.3. The number of aliphatic hydroxyl groups is 1.